The summed E-state index contributed by atoms with van der Waals surface area (Å²) in [6, 6.07) is 2.26. The van der Waals surface area contributed by atoms with Crippen LogP contribution in [0.15, 0.2) is 29.2 Å². The molecule has 0 aromatic carbocycles. The number of ketones is 1. The Kier molecular flexibility index (Phi) is 6.60. The number of nitrogens with zero attached hydrogens (tertiary/aromatic N) is 4. The monoisotopic (exact) mass is 508 g/mol. The van der Waals surface area contributed by atoms with E-state index >= 15 is 0 Å². The van der Waals surface area contributed by atoms with Gasteiger partial charge in [0.2, 0.25) is 5.95 Å². The molecule has 3 aliphatic rings. The lowest BCUT2D eigenvalue weighted by atomic mass is 10.1. The minimum Gasteiger partial charge on any atom is -0.395 e. The fourth-order valence-electron chi connectivity index (χ4n) is 4.88. The Morgan fingerprint density at radius 2 is 2.08 bits per heavy atom. The Balaban J connectivity index is 1.38. The highest BCUT2D eigenvalue weighted by Crippen LogP contribution is 2.48. The van der Waals surface area contributed by atoms with Gasteiger partial charge in [-0.05, 0) is 36.8 Å². The first kappa shape index (κ1) is 24.5. The van der Waals surface area contributed by atoms with E-state index in [9.17, 15) is 22.8 Å². The summed E-state index contributed by atoms with van der Waals surface area (Å²) in [5.74, 6) is 0.828. The maximum Gasteiger partial charge on any atom is 0.408 e. The molecule has 194 valence electrons. The third kappa shape index (κ3) is 5.03. The van der Waals surface area contributed by atoms with Crippen LogP contribution in [0.3, 0.4) is 0 Å². The fraction of sp³-hybridized carbons (Fsp3) is 0.565. The number of alkyl halides is 3. The number of anilines is 3. The van der Waals surface area contributed by atoms with Crippen molar-refractivity contribution in [3.63, 3.8) is 0 Å². The number of carbonyl (C=O) groups is 1. The Morgan fingerprint density at radius 1 is 1.25 bits per heavy atom. The summed E-state index contributed by atoms with van der Waals surface area (Å²) >= 11 is 0. The molecule has 1 saturated carbocycles. The largest absolute Gasteiger partial charge is 0.408 e. The number of ether oxygens (including phenoxy) is 1. The predicted octanol–water partition coefficient (Wildman–Crippen LogP) is 1.51. The molecule has 5 rings (SSSR count). The van der Waals surface area contributed by atoms with Gasteiger partial charge >= 0.3 is 6.18 Å². The van der Waals surface area contributed by atoms with E-state index in [4.69, 9.17) is 9.84 Å². The van der Waals surface area contributed by atoms with Gasteiger partial charge in [0.25, 0.3) is 5.56 Å². The van der Waals surface area contributed by atoms with Crippen molar-refractivity contribution >= 4 is 23.4 Å². The van der Waals surface area contributed by atoms with Gasteiger partial charge in [0, 0.05) is 37.5 Å². The number of carbonyl (C=O) groups excluding carboxylic acids is 1. The highest BCUT2D eigenvalue weighted by atomic mass is 19.4. The van der Waals surface area contributed by atoms with E-state index in [2.05, 4.69) is 20.6 Å². The van der Waals surface area contributed by atoms with Crippen LogP contribution in [-0.2, 0) is 11.3 Å². The molecular weight excluding hydrogens is 481 g/mol. The SMILES string of the molecule is O=C(CN1c2nc(NC[C@H]3OC[C@@H]4CC43)cc(=O)n2CC[C@H]1C(F)(F)F)c1ccc(NCCO)nc1. The zero-order valence-corrected chi connectivity index (χ0v) is 19.4. The van der Waals surface area contributed by atoms with Gasteiger partial charge in [-0.2, -0.15) is 18.2 Å². The second-order valence-corrected chi connectivity index (χ2v) is 9.32. The van der Waals surface area contributed by atoms with Crippen LogP contribution >= 0.6 is 0 Å². The number of aliphatic hydroxyl groups is 1. The third-order valence-electron chi connectivity index (χ3n) is 6.91. The number of rotatable bonds is 9. The summed E-state index contributed by atoms with van der Waals surface area (Å²) in [7, 11) is 0. The van der Waals surface area contributed by atoms with Gasteiger partial charge in [-0.3, -0.25) is 14.2 Å². The van der Waals surface area contributed by atoms with Crippen molar-refractivity contribution in [2.45, 2.75) is 37.7 Å². The molecule has 4 heterocycles. The number of pyridine rings is 1. The molecule has 0 radical (unpaired) electrons. The molecule has 4 atom stereocenters. The summed E-state index contributed by atoms with van der Waals surface area (Å²) in [4.78, 5) is 35.0. The van der Waals surface area contributed by atoms with Crippen molar-refractivity contribution in [3.8, 4) is 0 Å². The summed E-state index contributed by atoms with van der Waals surface area (Å²) in [5, 5.41) is 14.8. The first-order valence-corrected chi connectivity index (χ1v) is 11.9. The molecule has 2 aromatic heterocycles. The first-order valence-electron chi connectivity index (χ1n) is 11.9. The van der Waals surface area contributed by atoms with Crippen LogP contribution in [-0.4, -0.2) is 76.6 Å². The number of hydrogen-bond acceptors (Lipinski definition) is 9. The molecule has 3 N–H and O–H groups in total. The van der Waals surface area contributed by atoms with E-state index in [0.717, 1.165) is 11.3 Å². The summed E-state index contributed by atoms with van der Waals surface area (Å²) in [6.07, 6.45) is -2.65. The molecule has 13 heteroatoms. The maximum atomic E-state index is 14.0. The highest BCUT2D eigenvalue weighted by molar-refractivity contribution is 5.99. The number of aromatic nitrogens is 3. The van der Waals surface area contributed by atoms with Crippen molar-refractivity contribution in [2.24, 2.45) is 11.8 Å². The third-order valence-corrected chi connectivity index (χ3v) is 6.91. The normalized spacial score (nSPS) is 24.7. The number of halogens is 3. The van der Waals surface area contributed by atoms with Gasteiger partial charge in [-0.25, -0.2) is 4.98 Å². The van der Waals surface area contributed by atoms with E-state index in [1.165, 1.54) is 29.0 Å². The molecule has 1 aliphatic carbocycles. The number of hydrogen-bond donors (Lipinski definition) is 3. The number of fused-ring (bicyclic) bond motifs is 2. The van der Waals surface area contributed by atoms with Crippen molar-refractivity contribution in [1.82, 2.24) is 14.5 Å². The molecule has 1 unspecified atom stereocenters. The van der Waals surface area contributed by atoms with Gasteiger partial charge in [-0.15, -0.1) is 0 Å². The standard InChI is InChI=1S/C23H27F3N6O4/c24-23(25,26)18-3-5-31-21(35)8-20(29-10-17-15-7-14(15)12-36-17)30-22(31)32(18)11-16(34)13-1-2-19(28-9-13)27-4-6-33/h1-2,8-9,14-15,17-18,29,33H,3-7,10-12H2,(H,27,28)/t14-,15?,17+,18-/m0/s1. The molecule has 2 aliphatic heterocycles. The zero-order chi connectivity index (χ0) is 25.4. The van der Waals surface area contributed by atoms with E-state index in [-0.39, 0.29) is 49.6 Å². The molecule has 0 bridgehead atoms. The second kappa shape index (κ2) is 9.69. The van der Waals surface area contributed by atoms with Crippen molar-refractivity contribution < 1.29 is 27.8 Å². The zero-order valence-electron chi connectivity index (χ0n) is 19.4. The van der Waals surface area contributed by atoms with Crippen LogP contribution in [0.5, 0.6) is 0 Å². The minimum atomic E-state index is -4.62. The van der Waals surface area contributed by atoms with Crippen LogP contribution < -0.4 is 21.1 Å². The van der Waals surface area contributed by atoms with Crippen LogP contribution in [0.1, 0.15) is 23.2 Å². The summed E-state index contributed by atoms with van der Waals surface area (Å²) < 4.78 is 48.8. The highest BCUT2D eigenvalue weighted by Gasteiger charge is 2.49. The average Bonchev–Trinajstić information content (AvgIpc) is 3.52. The summed E-state index contributed by atoms with van der Waals surface area (Å²) in [6.45, 7) is 0.491. The first-order chi connectivity index (χ1) is 17.2. The topological polar surface area (TPSA) is 122 Å². The molecule has 2 fully saturated rings. The van der Waals surface area contributed by atoms with E-state index in [1.54, 1.807) is 0 Å². The molecule has 0 spiro atoms. The lowest BCUT2D eigenvalue weighted by Crippen LogP contribution is -2.54. The number of aliphatic hydroxyl groups excluding tert-OH is 1. The Labute approximate surface area is 204 Å². The lowest BCUT2D eigenvalue weighted by molar-refractivity contribution is -0.152. The van der Waals surface area contributed by atoms with Crippen molar-refractivity contribution in [1.29, 1.82) is 0 Å². The van der Waals surface area contributed by atoms with Gasteiger partial charge < -0.3 is 25.4 Å². The fourth-order valence-corrected chi connectivity index (χ4v) is 4.88. The Hall–Kier alpha value is -3.19. The van der Waals surface area contributed by atoms with Gasteiger partial charge in [0.05, 0.1) is 25.9 Å². The van der Waals surface area contributed by atoms with Crippen LogP contribution in [0.4, 0.5) is 30.8 Å². The van der Waals surface area contributed by atoms with E-state index in [1.807, 2.05) is 0 Å². The Morgan fingerprint density at radius 3 is 2.72 bits per heavy atom. The summed E-state index contributed by atoms with van der Waals surface area (Å²) in [5.41, 5.74) is -0.366. The van der Waals surface area contributed by atoms with Gasteiger partial charge in [0.1, 0.15) is 17.7 Å². The van der Waals surface area contributed by atoms with E-state index < -0.39 is 30.1 Å². The maximum absolute atomic E-state index is 14.0. The van der Waals surface area contributed by atoms with Crippen molar-refractivity contribution in [3.05, 3.63) is 40.3 Å². The minimum absolute atomic E-state index is 0.0152. The van der Waals surface area contributed by atoms with Crippen LogP contribution in [0, 0.1) is 11.8 Å². The van der Waals surface area contributed by atoms with Crippen LogP contribution in [0.25, 0.3) is 0 Å². The second-order valence-electron chi connectivity index (χ2n) is 9.32. The van der Waals surface area contributed by atoms with Gasteiger partial charge in [0.15, 0.2) is 5.78 Å². The van der Waals surface area contributed by atoms with Crippen LogP contribution in [0.2, 0.25) is 0 Å². The molecule has 1 saturated heterocycles. The quantitative estimate of drug-likeness (QED) is 0.433. The predicted molar refractivity (Wildman–Crippen MR) is 124 cm³/mol. The molecule has 2 aromatic rings. The average molecular weight is 509 g/mol. The molecular formula is C23H27F3N6O4. The Bertz CT molecular complexity index is 1170. The lowest BCUT2D eigenvalue weighted by Gasteiger charge is -2.38. The molecule has 0 amide bonds. The van der Waals surface area contributed by atoms with Gasteiger partial charge in [-0.1, -0.05) is 0 Å². The molecule has 10 nitrogen and oxygen atoms in total. The number of nitrogens with one attached hydrogen (secondary N) is 2. The van der Waals surface area contributed by atoms with E-state index in [0.29, 0.717) is 30.8 Å². The number of Topliss-reactive ketones (excluding diaryl/α,β-unsaturated/α-hetero) is 1. The van der Waals surface area contributed by atoms with Crippen molar-refractivity contribution in [2.75, 3.05) is 48.4 Å². The molecule has 36 heavy (non-hydrogen) atoms. The smallest absolute Gasteiger partial charge is 0.395 e.